The molecule has 0 saturated carbocycles. The summed E-state index contributed by atoms with van der Waals surface area (Å²) in [6.07, 6.45) is 1.05. The van der Waals surface area contributed by atoms with Crippen molar-refractivity contribution in [2.24, 2.45) is 5.41 Å². The summed E-state index contributed by atoms with van der Waals surface area (Å²) in [5.74, 6) is -1.61. The lowest BCUT2D eigenvalue weighted by Crippen LogP contribution is -2.46. The Balaban J connectivity index is 2.20. The second kappa shape index (κ2) is 7.97. The van der Waals surface area contributed by atoms with Gasteiger partial charge in [0.1, 0.15) is 0 Å². The molecule has 2 N–H and O–H groups in total. The average molecular weight is 369 g/mol. The first-order valence-electron chi connectivity index (χ1n) is 8.23. The van der Waals surface area contributed by atoms with Crippen molar-refractivity contribution in [3.8, 4) is 0 Å². The molecule has 1 fully saturated rings. The summed E-state index contributed by atoms with van der Waals surface area (Å²) in [5.41, 5.74) is -1.03. The molecule has 138 valence electrons. The van der Waals surface area contributed by atoms with E-state index in [2.05, 4.69) is 5.32 Å². The van der Waals surface area contributed by atoms with Gasteiger partial charge in [-0.05, 0) is 31.4 Å². The number of aliphatic carboxylic acids is 1. The Morgan fingerprint density at radius 2 is 1.88 bits per heavy atom. The van der Waals surface area contributed by atoms with Gasteiger partial charge in [0.2, 0.25) is 0 Å². The first-order chi connectivity index (χ1) is 11.8. The number of sulfone groups is 1. The number of nitrogens with one attached hydrogen (secondary N) is 1. The summed E-state index contributed by atoms with van der Waals surface area (Å²) in [7, 11) is -3.56. The monoisotopic (exact) mass is 369 g/mol. The van der Waals surface area contributed by atoms with Gasteiger partial charge in [0.25, 0.3) is 5.91 Å². The summed E-state index contributed by atoms with van der Waals surface area (Å²) in [6, 6.07) is 5.99. The molecule has 0 aromatic heterocycles. The van der Waals surface area contributed by atoms with Gasteiger partial charge < -0.3 is 15.2 Å². The summed E-state index contributed by atoms with van der Waals surface area (Å²) >= 11 is 0. The second-order valence-electron chi connectivity index (χ2n) is 6.20. The van der Waals surface area contributed by atoms with Crippen LogP contribution in [-0.2, 0) is 19.4 Å². The minimum Gasteiger partial charge on any atom is -0.481 e. The molecule has 0 spiro atoms. The van der Waals surface area contributed by atoms with Crippen LogP contribution in [0.2, 0.25) is 0 Å². The molecular weight excluding hydrogens is 346 g/mol. The molecule has 0 aliphatic carbocycles. The summed E-state index contributed by atoms with van der Waals surface area (Å²) in [5, 5.41) is 12.1. The van der Waals surface area contributed by atoms with Crippen molar-refractivity contribution >= 4 is 21.7 Å². The number of carboxylic acid groups (broad SMARTS) is 1. The van der Waals surface area contributed by atoms with Crippen LogP contribution >= 0.6 is 0 Å². The van der Waals surface area contributed by atoms with Crippen LogP contribution < -0.4 is 5.32 Å². The number of carbonyl (C=O) groups excluding carboxylic acids is 1. The molecule has 1 aliphatic rings. The SMILES string of the molecule is CCCS(=O)(=O)c1ccccc1C(=O)NCC1(C(=O)O)CCOCC1. The van der Waals surface area contributed by atoms with E-state index in [1.165, 1.54) is 12.1 Å². The Morgan fingerprint density at radius 3 is 2.48 bits per heavy atom. The van der Waals surface area contributed by atoms with E-state index in [1.807, 2.05) is 0 Å². The van der Waals surface area contributed by atoms with E-state index in [-0.39, 0.29) is 22.8 Å². The molecule has 2 rings (SSSR count). The Bertz CT molecular complexity index is 737. The van der Waals surface area contributed by atoms with Crippen molar-refractivity contribution in [3.05, 3.63) is 29.8 Å². The Morgan fingerprint density at radius 1 is 1.24 bits per heavy atom. The zero-order valence-electron chi connectivity index (χ0n) is 14.2. The quantitative estimate of drug-likeness (QED) is 0.753. The van der Waals surface area contributed by atoms with Crippen molar-refractivity contribution in [2.75, 3.05) is 25.5 Å². The molecule has 0 unspecified atom stereocenters. The molecule has 1 aromatic carbocycles. The normalized spacial score (nSPS) is 17.0. The Kier molecular flexibility index (Phi) is 6.18. The smallest absolute Gasteiger partial charge is 0.311 e. The zero-order valence-corrected chi connectivity index (χ0v) is 15.0. The van der Waals surface area contributed by atoms with Crippen LogP contribution in [0, 0.1) is 5.41 Å². The fourth-order valence-corrected chi connectivity index (χ4v) is 4.42. The van der Waals surface area contributed by atoms with E-state index in [0.29, 0.717) is 32.5 Å². The van der Waals surface area contributed by atoms with Gasteiger partial charge in [0.15, 0.2) is 9.84 Å². The first-order valence-corrected chi connectivity index (χ1v) is 9.89. The lowest BCUT2D eigenvalue weighted by Gasteiger charge is -2.33. The standard InChI is InChI=1S/C17H23NO6S/c1-2-11-25(22,23)14-6-4-3-5-13(14)15(19)18-12-17(16(20)21)7-9-24-10-8-17/h3-6H,2,7-12H2,1H3,(H,18,19)(H,20,21). The average Bonchev–Trinajstić information content (AvgIpc) is 2.60. The van der Waals surface area contributed by atoms with E-state index in [9.17, 15) is 23.1 Å². The third-order valence-electron chi connectivity index (χ3n) is 4.43. The molecule has 1 amide bonds. The lowest BCUT2D eigenvalue weighted by atomic mass is 9.80. The van der Waals surface area contributed by atoms with Crippen LogP contribution in [0.5, 0.6) is 0 Å². The molecular formula is C17H23NO6S. The maximum atomic E-state index is 12.5. The highest BCUT2D eigenvalue weighted by Crippen LogP contribution is 2.30. The van der Waals surface area contributed by atoms with Crippen molar-refractivity contribution in [2.45, 2.75) is 31.1 Å². The Hall–Kier alpha value is -1.93. The number of carboxylic acids is 1. The van der Waals surface area contributed by atoms with Crippen molar-refractivity contribution < 1.29 is 27.9 Å². The van der Waals surface area contributed by atoms with Crippen LogP contribution in [0.4, 0.5) is 0 Å². The molecule has 0 atom stereocenters. The number of rotatable bonds is 7. The predicted molar refractivity (Wildman–Crippen MR) is 91.2 cm³/mol. The van der Waals surface area contributed by atoms with Crippen LogP contribution in [0.3, 0.4) is 0 Å². The fraction of sp³-hybridized carbons (Fsp3) is 0.529. The highest BCUT2D eigenvalue weighted by Gasteiger charge is 2.40. The van der Waals surface area contributed by atoms with E-state index < -0.39 is 27.1 Å². The van der Waals surface area contributed by atoms with E-state index in [4.69, 9.17) is 4.74 Å². The predicted octanol–water partition coefficient (Wildman–Crippen LogP) is 1.48. The van der Waals surface area contributed by atoms with Crippen LogP contribution in [0.1, 0.15) is 36.5 Å². The third kappa shape index (κ3) is 4.38. The van der Waals surface area contributed by atoms with Gasteiger partial charge in [-0.15, -0.1) is 0 Å². The molecule has 0 bridgehead atoms. The molecule has 1 heterocycles. The zero-order chi connectivity index (χ0) is 18.5. The van der Waals surface area contributed by atoms with Gasteiger partial charge in [0, 0.05) is 19.8 Å². The molecule has 7 nitrogen and oxygen atoms in total. The highest BCUT2D eigenvalue weighted by molar-refractivity contribution is 7.91. The highest BCUT2D eigenvalue weighted by atomic mass is 32.2. The van der Waals surface area contributed by atoms with Gasteiger partial charge in [-0.25, -0.2) is 8.42 Å². The van der Waals surface area contributed by atoms with Crippen LogP contribution in [-0.4, -0.2) is 50.9 Å². The van der Waals surface area contributed by atoms with Gasteiger partial charge in [0.05, 0.1) is 21.6 Å². The molecule has 1 aliphatic heterocycles. The van der Waals surface area contributed by atoms with Gasteiger partial charge in [-0.2, -0.15) is 0 Å². The van der Waals surface area contributed by atoms with Crippen LogP contribution in [0.25, 0.3) is 0 Å². The molecule has 1 saturated heterocycles. The number of amides is 1. The maximum absolute atomic E-state index is 12.5. The van der Waals surface area contributed by atoms with Crippen molar-refractivity contribution in [3.63, 3.8) is 0 Å². The van der Waals surface area contributed by atoms with E-state index in [1.54, 1.807) is 19.1 Å². The maximum Gasteiger partial charge on any atom is 0.311 e. The number of hydrogen-bond acceptors (Lipinski definition) is 5. The largest absolute Gasteiger partial charge is 0.481 e. The van der Waals surface area contributed by atoms with Gasteiger partial charge >= 0.3 is 5.97 Å². The molecule has 1 aromatic rings. The van der Waals surface area contributed by atoms with Gasteiger partial charge in [-0.1, -0.05) is 19.1 Å². The number of carbonyl (C=O) groups is 2. The van der Waals surface area contributed by atoms with E-state index in [0.717, 1.165) is 0 Å². The number of ether oxygens (including phenoxy) is 1. The minimum absolute atomic E-state index is 0.0225. The molecule has 8 heteroatoms. The first kappa shape index (κ1) is 19.4. The second-order valence-corrected chi connectivity index (χ2v) is 8.27. The molecule has 0 radical (unpaired) electrons. The van der Waals surface area contributed by atoms with Crippen molar-refractivity contribution in [1.82, 2.24) is 5.32 Å². The summed E-state index contributed by atoms with van der Waals surface area (Å²) in [4.78, 5) is 24.1. The third-order valence-corrected chi connectivity index (χ3v) is 6.40. The summed E-state index contributed by atoms with van der Waals surface area (Å²) < 4.78 is 29.9. The van der Waals surface area contributed by atoms with Crippen LogP contribution in [0.15, 0.2) is 29.2 Å². The minimum atomic E-state index is -3.56. The number of hydrogen-bond donors (Lipinski definition) is 2. The van der Waals surface area contributed by atoms with Gasteiger partial charge in [-0.3, -0.25) is 9.59 Å². The lowest BCUT2D eigenvalue weighted by molar-refractivity contribution is -0.154. The van der Waals surface area contributed by atoms with Crippen molar-refractivity contribution in [1.29, 1.82) is 0 Å². The Labute approximate surface area is 147 Å². The van der Waals surface area contributed by atoms with E-state index >= 15 is 0 Å². The number of benzene rings is 1. The summed E-state index contributed by atoms with van der Waals surface area (Å²) in [6.45, 7) is 2.34. The molecule has 25 heavy (non-hydrogen) atoms. The topological polar surface area (TPSA) is 110 Å². The fourth-order valence-electron chi connectivity index (χ4n) is 2.88.